The van der Waals surface area contributed by atoms with E-state index in [1.165, 1.54) is 11.3 Å². The first-order chi connectivity index (χ1) is 8.54. The summed E-state index contributed by atoms with van der Waals surface area (Å²) < 4.78 is 0. The van der Waals surface area contributed by atoms with E-state index in [1.807, 2.05) is 0 Å². The van der Waals surface area contributed by atoms with Crippen LogP contribution in [0.3, 0.4) is 0 Å². The molecule has 0 aliphatic carbocycles. The minimum Gasteiger partial charge on any atom is -0.373 e. The molecule has 1 aromatic rings. The van der Waals surface area contributed by atoms with Gasteiger partial charge in [0.25, 0.3) is 0 Å². The van der Waals surface area contributed by atoms with Crippen LogP contribution in [0.25, 0.3) is 0 Å². The van der Waals surface area contributed by atoms with Gasteiger partial charge in [0.05, 0.1) is 0 Å². The summed E-state index contributed by atoms with van der Waals surface area (Å²) in [6.07, 6.45) is 1.98. The van der Waals surface area contributed by atoms with Gasteiger partial charge < -0.3 is 15.5 Å². The lowest BCUT2D eigenvalue weighted by Gasteiger charge is -2.25. The zero-order valence-corrected chi connectivity index (χ0v) is 12.2. The fourth-order valence-corrected chi connectivity index (χ4v) is 1.95. The molecule has 2 N–H and O–H groups in total. The van der Waals surface area contributed by atoms with Crippen LogP contribution in [0.2, 0.25) is 0 Å². The fraction of sp³-hybridized carbons (Fsp3) is 0.600. The van der Waals surface area contributed by atoms with Gasteiger partial charge in [0.1, 0.15) is 0 Å². The van der Waals surface area contributed by atoms with E-state index in [9.17, 15) is 0 Å². The summed E-state index contributed by atoms with van der Waals surface area (Å²) in [4.78, 5) is 4.52. The average Bonchev–Trinajstić information content (AvgIpc) is 2.36. The molecule has 0 saturated heterocycles. The summed E-state index contributed by atoms with van der Waals surface area (Å²) in [6.45, 7) is 4.24. The van der Waals surface area contributed by atoms with Crippen LogP contribution in [0.15, 0.2) is 24.3 Å². The molecule has 3 heteroatoms. The lowest BCUT2D eigenvalue weighted by molar-refractivity contribution is 0.416. The quantitative estimate of drug-likeness (QED) is 0.802. The second-order valence-electron chi connectivity index (χ2n) is 5.23. The summed E-state index contributed by atoms with van der Waals surface area (Å²) in [5, 5.41) is 0. The highest BCUT2D eigenvalue weighted by molar-refractivity contribution is 5.53. The van der Waals surface area contributed by atoms with Gasteiger partial charge in [-0.2, -0.15) is 0 Å². The van der Waals surface area contributed by atoms with Crippen molar-refractivity contribution >= 4 is 5.69 Å². The van der Waals surface area contributed by atoms with Crippen LogP contribution < -0.4 is 10.6 Å². The van der Waals surface area contributed by atoms with Crippen molar-refractivity contribution in [3.05, 3.63) is 29.8 Å². The molecule has 0 aromatic heterocycles. The second-order valence-corrected chi connectivity index (χ2v) is 5.23. The molecule has 0 spiro atoms. The van der Waals surface area contributed by atoms with Gasteiger partial charge in [0.2, 0.25) is 0 Å². The third kappa shape index (κ3) is 4.67. The molecule has 0 aliphatic heterocycles. The maximum Gasteiger partial charge on any atom is 0.0397 e. The number of benzene rings is 1. The fourth-order valence-electron chi connectivity index (χ4n) is 1.95. The molecule has 0 fully saturated rings. The van der Waals surface area contributed by atoms with Crippen molar-refractivity contribution in [2.75, 3.05) is 39.1 Å². The first-order valence-electron chi connectivity index (χ1n) is 6.74. The Balaban J connectivity index is 2.74. The molecule has 0 radical (unpaired) electrons. The number of hydrogen-bond donors (Lipinski definition) is 1. The molecule has 0 saturated carbocycles. The van der Waals surface area contributed by atoms with Crippen LogP contribution >= 0.6 is 0 Å². The smallest absolute Gasteiger partial charge is 0.0397 e. The second kappa shape index (κ2) is 7.39. The minimum absolute atomic E-state index is 0.258. The monoisotopic (exact) mass is 249 g/mol. The van der Waals surface area contributed by atoms with E-state index in [2.05, 4.69) is 62.1 Å². The molecular weight excluding hydrogens is 222 g/mol. The molecule has 0 bridgehead atoms. The Morgan fingerprint density at radius 1 is 1.11 bits per heavy atom. The summed E-state index contributed by atoms with van der Waals surface area (Å²) >= 11 is 0. The number of rotatable bonds is 7. The van der Waals surface area contributed by atoms with E-state index in [-0.39, 0.29) is 6.04 Å². The number of likely N-dealkylation sites (N-methyl/N-ethyl adjacent to an activating group) is 2. The van der Waals surface area contributed by atoms with Crippen LogP contribution in [-0.4, -0.2) is 45.2 Å². The zero-order chi connectivity index (χ0) is 13.5. The number of nitrogens with zero attached hydrogens (tertiary/aromatic N) is 2. The van der Waals surface area contributed by atoms with Gasteiger partial charge >= 0.3 is 0 Å². The van der Waals surface area contributed by atoms with Crippen LogP contribution in [0, 0.1) is 0 Å². The molecule has 1 unspecified atom stereocenters. The predicted octanol–water partition coefficient (Wildman–Crippen LogP) is 1.96. The molecular formula is C15H27N3. The maximum atomic E-state index is 6.07. The average molecular weight is 249 g/mol. The molecule has 0 amide bonds. The minimum atomic E-state index is 0.258. The third-order valence-electron chi connectivity index (χ3n) is 3.29. The van der Waals surface area contributed by atoms with Gasteiger partial charge in [-0.15, -0.1) is 0 Å². The summed E-state index contributed by atoms with van der Waals surface area (Å²) in [5.74, 6) is 0. The molecule has 18 heavy (non-hydrogen) atoms. The maximum absolute atomic E-state index is 6.07. The first-order valence-corrected chi connectivity index (χ1v) is 6.74. The SMILES string of the molecule is CCC(N)Cc1ccccc1N(C)CCN(C)C. The van der Waals surface area contributed by atoms with Gasteiger partial charge in [0, 0.05) is 31.9 Å². The standard InChI is InChI=1S/C15H27N3/c1-5-14(16)12-13-8-6-7-9-15(13)18(4)11-10-17(2)3/h6-9,14H,5,10-12,16H2,1-4H3. The highest BCUT2D eigenvalue weighted by Gasteiger charge is 2.09. The van der Waals surface area contributed by atoms with Gasteiger partial charge in [-0.3, -0.25) is 0 Å². The molecule has 1 atom stereocenters. The van der Waals surface area contributed by atoms with E-state index >= 15 is 0 Å². The Kier molecular flexibility index (Phi) is 6.16. The van der Waals surface area contributed by atoms with Crippen molar-refractivity contribution in [3.8, 4) is 0 Å². The highest BCUT2D eigenvalue weighted by atomic mass is 15.2. The lowest BCUT2D eigenvalue weighted by Crippen LogP contribution is -2.30. The van der Waals surface area contributed by atoms with Gasteiger partial charge in [-0.25, -0.2) is 0 Å². The van der Waals surface area contributed by atoms with Crippen LogP contribution in [0.4, 0.5) is 5.69 Å². The van der Waals surface area contributed by atoms with E-state index in [4.69, 9.17) is 5.73 Å². The highest BCUT2D eigenvalue weighted by Crippen LogP contribution is 2.20. The predicted molar refractivity (Wildman–Crippen MR) is 80.2 cm³/mol. The topological polar surface area (TPSA) is 32.5 Å². The number of anilines is 1. The van der Waals surface area contributed by atoms with Crippen molar-refractivity contribution in [2.24, 2.45) is 5.73 Å². The Labute approximate surface area is 112 Å². The zero-order valence-electron chi connectivity index (χ0n) is 12.2. The number of hydrogen-bond acceptors (Lipinski definition) is 3. The van der Waals surface area contributed by atoms with Crippen LogP contribution in [0.1, 0.15) is 18.9 Å². The third-order valence-corrected chi connectivity index (χ3v) is 3.29. The Bertz CT molecular complexity index is 349. The molecule has 102 valence electrons. The molecule has 3 nitrogen and oxygen atoms in total. The molecule has 1 rings (SSSR count). The van der Waals surface area contributed by atoms with Gasteiger partial charge in [-0.05, 0) is 38.6 Å². The summed E-state index contributed by atoms with van der Waals surface area (Å²) in [6, 6.07) is 8.84. The van der Waals surface area contributed by atoms with Crippen molar-refractivity contribution in [2.45, 2.75) is 25.8 Å². The molecule has 1 aromatic carbocycles. The van der Waals surface area contributed by atoms with E-state index < -0.39 is 0 Å². The Morgan fingerprint density at radius 2 is 1.78 bits per heavy atom. The lowest BCUT2D eigenvalue weighted by atomic mass is 10.0. The van der Waals surface area contributed by atoms with Crippen LogP contribution in [-0.2, 0) is 6.42 Å². The van der Waals surface area contributed by atoms with Crippen molar-refractivity contribution in [1.82, 2.24) is 4.90 Å². The Hall–Kier alpha value is -1.06. The van der Waals surface area contributed by atoms with Crippen molar-refractivity contribution < 1.29 is 0 Å². The van der Waals surface area contributed by atoms with Crippen LogP contribution in [0.5, 0.6) is 0 Å². The van der Waals surface area contributed by atoms with Crippen molar-refractivity contribution in [1.29, 1.82) is 0 Å². The number of nitrogens with two attached hydrogens (primary N) is 1. The number of para-hydroxylation sites is 1. The van der Waals surface area contributed by atoms with Gasteiger partial charge in [-0.1, -0.05) is 25.1 Å². The summed E-state index contributed by atoms with van der Waals surface area (Å²) in [7, 11) is 6.36. The molecule has 0 aliphatic rings. The first kappa shape index (κ1) is 15.0. The van der Waals surface area contributed by atoms with E-state index in [0.717, 1.165) is 25.9 Å². The largest absolute Gasteiger partial charge is 0.373 e. The molecule has 0 heterocycles. The van der Waals surface area contributed by atoms with E-state index in [1.54, 1.807) is 0 Å². The van der Waals surface area contributed by atoms with Gasteiger partial charge in [0.15, 0.2) is 0 Å². The van der Waals surface area contributed by atoms with Crippen molar-refractivity contribution in [3.63, 3.8) is 0 Å². The summed E-state index contributed by atoms with van der Waals surface area (Å²) in [5.41, 5.74) is 8.73. The van der Waals surface area contributed by atoms with E-state index in [0.29, 0.717) is 0 Å². The Morgan fingerprint density at radius 3 is 2.39 bits per heavy atom. The normalized spacial score (nSPS) is 12.8.